The van der Waals surface area contributed by atoms with Crippen LogP contribution in [0.25, 0.3) is 54.2 Å². The molecule has 0 heterocycles. The minimum absolute atomic E-state index is 0.0898. The summed E-state index contributed by atoms with van der Waals surface area (Å²) < 4.78 is 1.85. The summed E-state index contributed by atoms with van der Waals surface area (Å²) in [4.78, 5) is 13.3. The van der Waals surface area contributed by atoms with Crippen molar-refractivity contribution >= 4 is 74.9 Å². The van der Waals surface area contributed by atoms with Gasteiger partial charge in [-0.15, -0.1) is 0 Å². The van der Waals surface area contributed by atoms with E-state index in [0.29, 0.717) is 0 Å². The molecule has 2 aliphatic rings. The highest BCUT2D eigenvalue weighted by Gasteiger charge is 2.23. The fraction of sp³-hybridized carbons (Fsp3) is 0. The second-order valence-corrected chi connectivity index (χ2v) is 9.00. The number of fused-ring (bicyclic) bond motifs is 5. The van der Waals surface area contributed by atoms with Gasteiger partial charge in [-0.05, 0) is 56.6 Å². The van der Waals surface area contributed by atoms with Crippen LogP contribution in [0, 0.1) is 0 Å². The molecule has 0 radical (unpaired) electrons. The third-order valence-corrected chi connectivity index (χ3v) is 6.59. The van der Waals surface area contributed by atoms with E-state index in [4.69, 9.17) is 0 Å². The monoisotopic (exact) mass is 486 g/mol. The van der Waals surface area contributed by atoms with E-state index in [1.54, 1.807) is 0 Å². The van der Waals surface area contributed by atoms with Crippen LogP contribution in [0.15, 0.2) is 86.5 Å². The van der Waals surface area contributed by atoms with Crippen molar-refractivity contribution < 1.29 is 0 Å². The Balaban J connectivity index is 2.15. The normalized spacial score (nSPS) is 12.1. The van der Waals surface area contributed by atoms with E-state index in [0.717, 1.165) is 52.4 Å². The van der Waals surface area contributed by atoms with Crippen LogP contribution < -0.4 is 5.43 Å². The van der Waals surface area contributed by atoms with Crippen molar-refractivity contribution in [2.45, 2.75) is 0 Å². The molecule has 0 fully saturated rings. The summed E-state index contributed by atoms with van der Waals surface area (Å²) in [5.74, 6) is 0. The molecule has 6 rings (SSSR count). The summed E-state index contributed by atoms with van der Waals surface area (Å²) in [5, 5.41) is 8.43. The highest BCUT2D eigenvalue weighted by Crippen LogP contribution is 2.45. The zero-order chi connectivity index (χ0) is 19.0. The Morgan fingerprint density at radius 1 is 0.464 bits per heavy atom. The minimum Gasteiger partial charge on any atom is -0.289 e. The van der Waals surface area contributed by atoms with Gasteiger partial charge in [0.2, 0.25) is 0 Å². The molecule has 0 bridgehead atoms. The summed E-state index contributed by atoms with van der Waals surface area (Å²) in [5.41, 5.74) is 2.19. The third-order valence-electron chi connectivity index (χ3n) is 5.67. The smallest absolute Gasteiger partial charge is 0.194 e. The highest BCUT2D eigenvalue weighted by molar-refractivity contribution is 9.10. The lowest BCUT2D eigenvalue weighted by atomic mass is 9.90. The van der Waals surface area contributed by atoms with Gasteiger partial charge < -0.3 is 0 Å². The molecule has 1 nitrogen and oxygen atoms in total. The summed E-state index contributed by atoms with van der Waals surface area (Å²) in [7, 11) is 0. The summed E-state index contributed by atoms with van der Waals surface area (Å²) in [6, 6.07) is 25.1. The van der Waals surface area contributed by atoms with Crippen LogP contribution in [0.1, 0.15) is 0 Å². The van der Waals surface area contributed by atoms with Crippen molar-refractivity contribution in [3.05, 3.63) is 92.0 Å². The maximum absolute atomic E-state index is 13.3. The summed E-state index contributed by atoms with van der Waals surface area (Å²) in [6.45, 7) is 0. The van der Waals surface area contributed by atoms with Gasteiger partial charge in [-0.3, -0.25) is 4.79 Å². The maximum atomic E-state index is 13.3. The van der Waals surface area contributed by atoms with Crippen molar-refractivity contribution in [3.63, 3.8) is 0 Å². The largest absolute Gasteiger partial charge is 0.289 e. The predicted octanol–water partition coefficient (Wildman–Crippen LogP) is 7.73. The molecule has 0 saturated carbocycles. The van der Waals surface area contributed by atoms with E-state index < -0.39 is 0 Å². The van der Waals surface area contributed by atoms with Gasteiger partial charge in [-0.25, -0.2) is 0 Å². The molecule has 0 aliphatic heterocycles. The Hall–Kier alpha value is -2.49. The fourth-order valence-electron chi connectivity index (χ4n) is 4.59. The van der Waals surface area contributed by atoms with Gasteiger partial charge in [-0.2, -0.15) is 0 Å². The lowest BCUT2D eigenvalue weighted by molar-refractivity contribution is 1.73. The third kappa shape index (κ3) is 2.09. The van der Waals surface area contributed by atoms with Crippen LogP contribution in [0.4, 0.5) is 0 Å². The van der Waals surface area contributed by atoms with Crippen LogP contribution in [0.5, 0.6) is 0 Å². The minimum atomic E-state index is 0.0898. The fourth-order valence-corrected chi connectivity index (χ4v) is 5.50. The molecule has 4 aromatic rings. The Labute approximate surface area is 177 Å². The van der Waals surface area contributed by atoms with Crippen LogP contribution in [-0.4, -0.2) is 0 Å². The van der Waals surface area contributed by atoms with E-state index in [1.165, 1.54) is 10.8 Å². The van der Waals surface area contributed by atoms with E-state index >= 15 is 0 Å². The zero-order valence-electron chi connectivity index (χ0n) is 14.6. The topological polar surface area (TPSA) is 17.1 Å². The van der Waals surface area contributed by atoms with Crippen molar-refractivity contribution in [3.8, 4) is 11.1 Å². The van der Waals surface area contributed by atoms with Gasteiger partial charge in [0.15, 0.2) is 5.43 Å². The van der Waals surface area contributed by atoms with E-state index in [9.17, 15) is 4.79 Å². The molecule has 28 heavy (non-hydrogen) atoms. The Bertz CT molecular complexity index is 1480. The average Bonchev–Trinajstić information content (AvgIpc) is 2.98. The zero-order valence-corrected chi connectivity index (χ0v) is 17.8. The maximum Gasteiger partial charge on any atom is 0.194 e. The van der Waals surface area contributed by atoms with Crippen molar-refractivity contribution in [1.82, 2.24) is 0 Å². The first kappa shape index (κ1) is 16.5. The Morgan fingerprint density at radius 3 is 1.18 bits per heavy atom. The molecular weight excluding hydrogens is 476 g/mol. The second-order valence-electron chi connectivity index (χ2n) is 7.17. The molecule has 0 spiro atoms. The number of hydrogen-bond acceptors (Lipinski definition) is 1. The number of benzene rings is 4. The second kappa shape index (κ2) is 5.76. The van der Waals surface area contributed by atoms with E-state index in [-0.39, 0.29) is 5.43 Å². The van der Waals surface area contributed by atoms with Gasteiger partial charge in [0, 0.05) is 30.8 Å². The first-order valence-electron chi connectivity index (χ1n) is 9.05. The predicted molar refractivity (Wildman–Crippen MR) is 126 cm³/mol. The molecule has 132 valence electrons. The SMILES string of the molecule is O=c1c2cc(Br)cc3c2-c2c1cc(Br)cc2c1ccccc1c1ccccc31. The van der Waals surface area contributed by atoms with E-state index in [1.807, 2.05) is 12.1 Å². The number of hydrogen-bond donors (Lipinski definition) is 0. The van der Waals surface area contributed by atoms with Crippen LogP contribution in [0.2, 0.25) is 0 Å². The molecule has 0 N–H and O–H groups in total. The first-order valence-corrected chi connectivity index (χ1v) is 10.6. The lowest BCUT2D eigenvalue weighted by Crippen LogP contribution is -1.93. The van der Waals surface area contributed by atoms with Gasteiger partial charge in [0.25, 0.3) is 0 Å². The average molecular weight is 488 g/mol. The van der Waals surface area contributed by atoms with Gasteiger partial charge in [-0.1, -0.05) is 80.4 Å². The molecule has 0 atom stereocenters. The van der Waals surface area contributed by atoms with E-state index in [2.05, 4.69) is 92.5 Å². The molecule has 2 aliphatic carbocycles. The molecule has 4 aromatic carbocycles. The summed E-state index contributed by atoms with van der Waals surface area (Å²) in [6.07, 6.45) is 0. The van der Waals surface area contributed by atoms with Gasteiger partial charge >= 0.3 is 0 Å². The standard InChI is InChI=1S/C25H12Br2O/c26-13-9-19-17-7-3-1-5-15(17)16-6-2-4-8-18(16)20-10-14(27)12-22-24(20)23(19)21(11-13)25(22)28/h1-12H. The summed E-state index contributed by atoms with van der Waals surface area (Å²) >= 11 is 7.26. The molecule has 0 unspecified atom stereocenters. The first-order chi connectivity index (χ1) is 13.6. The van der Waals surface area contributed by atoms with Crippen LogP contribution in [-0.2, 0) is 0 Å². The Morgan fingerprint density at radius 2 is 0.786 bits per heavy atom. The lowest BCUT2D eigenvalue weighted by Gasteiger charge is -2.13. The van der Waals surface area contributed by atoms with Crippen LogP contribution >= 0.6 is 31.9 Å². The Kier molecular flexibility index (Phi) is 3.38. The van der Waals surface area contributed by atoms with Crippen molar-refractivity contribution in [1.29, 1.82) is 0 Å². The molecular formula is C25H12Br2O. The molecule has 0 aromatic heterocycles. The quantitative estimate of drug-likeness (QED) is 0.214. The number of rotatable bonds is 0. The molecule has 3 heteroatoms. The van der Waals surface area contributed by atoms with Gasteiger partial charge in [0.1, 0.15) is 0 Å². The van der Waals surface area contributed by atoms with Crippen molar-refractivity contribution in [2.75, 3.05) is 0 Å². The molecule has 0 amide bonds. The number of halogens is 2. The van der Waals surface area contributed by atoms with Crippen molar-refractivity contribution in [2.24, 2.45) is 0 Å². The highest BCUT2D eigenvalue weighted by atomic mass is 79.9. The van der Waals surface area contributed by atoms with Gasteiger partial charge in [0.05, 0.1) is 0 Å². The molecule has 0 saturated heterocycles. The van der Waals surface area contributed by atoms with Crippen LogP contribution in [0.3, 0.4) is 0 Å².